The first-order valence-corrected chi connectivity index (χ1v) is 11.4. The lowest BCUT2D eigenvalue weighted by atomic mass is 10.0. The number of thioether (sulfide) groups is 1. The number of hydrogen-bond acceptors (Lipinski definition) is 8. The highest BCUT2D eigenvalue weighted by molar-refractivity contribution is 8.15. The Morgan fingerprint density at radius 2 is 1.89 bits per heavy atom. The molecule has 2 amide bonds. The van der Waals surface area contributed by atoms with Crippen LogP contribution < -0.4 is 26.6 Å². The van der Waals surface area contributed by atoms with E-state index in [2.05, 4.69) is 25.6 Å². The molecule has 3 aromatic rings. The Balaban J connectivity index is 1.60. The van der Waals surface area contributed by atoms with Crippen LogP contribution >= 0.6 is 11.8 Å². The van der Waals surface area contributed by atoms with Crippen LogP contribution in [0.2, 0.25) is 0 Å². The second-order valence-electron chi connectivity index (χ2n) is 7.61. The predicted molar refractivity (Wildman–Crippen MR) is 131 cm³/mol. The van der Waals surface area contributed by atoms with E-state index in [0.29, 0.717) is 11.3 Å². The Bertz CT molecular complexity index is 1450. The summed E-state index contributed by atoms with van der Waals surface area (Å²) in [5.41, 5.74) is -1.56. The van der Waals surface area contributed by atoms with Crippen molar-refractivity contribution in [3.05, 3.63) is 86.3 Å². The van der Waals surface area contributed by atoms with Crippen LogP contribution in [0.15, 0.2) is 63.1 Å². The number of aromatic hydroxyl groups is 1. The summed E-state index contributed by atoms with van der Waals surface area (Å²) < 4.78 is 19.0. The van der Waals surface area contributed by atoms with E-state index in [1.54, 1.807) is 30.3 Å². The number of aromatic nitrogens is 2. The number of hydrogen-bond donors (Lipinski definition) is 5. The molecular weight excluding hydrogens is 493 g/mol. The number of carbonyl (C=O) groups is 2. The summed E-state index contributed by atoms with van der Waals surface area (Å²) in [6.07, 6.45) is -0.262. The van der Waals surface area contributed by atoms with Crippen molar-refractivity contribution < 1.29 is 23.8 Å². The molecule has 0 saturated carbocycles. The van der Waals surface area contributed by atoms with Gasteiger partial charge in [-0.15, -0.1) is 0 Å². The van der Waals surface area contributed by atoms with Crippen molar-refractivity contribution in [1.82, 2.24) is 15.3 Å². The maximum atomic E-state index is 13.8. The van der Waals surface area contributed by atoms with E-state index in [9.17, 15) is 28.7 Å². The van der Waals surface area contributed by atoms with Gasteiger partial charge in [0.15, 0.2) is 5.17 Å². The number of amidine groups is 1. The van der Waals surface area contributed by atoms with E-state index in [1.165, 1.54) is 25.3 Å². The van der Waals surface area contributed by atoms with Gasteiger partial charge in [-0.2, -0.15) is 0 Å². The zero-order valence-electron chi connectivity index (χ0n) is 18.7. The normalized spacial score (nSPS) is 17.0. The minimum absolute atomic E-state index is 0.00728. The summed E-state index contributed by atoms with van der Waals surface area (Å²) in [5.74, 6) is -1.82. The number of ether oxygens (including phenoxy) is 1. The number of amides is 2. The van der Waals surface area contributed by atoms with Gasteiger partial charge in [0.1, 0.15) is 28.4 Å². The van der Waals surface area contributed by atoms with Gasteiger partial charge in [-0.05, 0) is 29.8 Å². The molecule has 36 heavy (non-hydrogen) atoms. The number of halogens is 1. The fourth-order valence-electron chi connectivity index (χ4n) is 3.48. The Labute approximate surface area is 206 Å². The molecule has 2 unspecified atom stereocenters. The van der Waals surface area contributed by atoms with Gasteiger partial charge in [-0.25, -0.2) is 14.2 Å². The summed E-state index contributed by atoms with van der Waals surface area (Å²) in [4.78, 5) is 57.6. The van der Waals surface area contributed by atoms with Gasteiger partial charge in [0.2, 0.25) is 17.7 Å². The first-order valence-electron chi connectivity index (χ1n) is 10.5. The number of rotatable bonds is 7. The van der Waals surface area contributed by atoms with Gasteiger partial charge in [0, 0.05) is 6.42 Å². The maximum Gasteiger partial charge on any atom is 0.328 e. The molecule has 2 aromatic carbocycles. The second kappa shape index (κ2) is 10.5. The Hall–Kier alpha value is -4.39. The first kappa shape index (κ1) is 24.7. The van der Waals surface area contributed by atoms with Crippen LogP contribution in [-0.4, -0.2) is 44.4 Å². The van der Waals surface area contributed by atoms with E-state index < -0.39 is 46.1 Å². The largest absolute Gasteiger partial charge is 0.497 e. The third-order valence-electron chi connectivity index (χ3n) is 5.21. The second-order valence-corrected chi connectivity index (χ2v) is 8.80. The SMILES string of the molecule is COc1ccc(C(N=C2NC(=O)C(CC(=O)Nc3ccccc3F)S2)c2c(O)[nH]c(=O)[nH]c2=O)cc1. The topological polar surface area (TPSA) is 166 Å². The minimum Gasteiger partial charge on any atom is -0.497 e. The van der Waals surface area contributed by atoms with Crippen LogP contribution in [0.5, 0.6) is 11.6 Å². The molecule has 0 bridgehead atoms. The van der Waals surface area contributed by atoms with E-state index in [0.717, 1.165) is 11.8 Å². The smallest absolute Gasteiger partial charge is 0.328 e. The molecule has 1 fully saturated rings. The highest BCUT2D eigenvalue weighted by atomic mass is 32.2. The lowest BCUT2D eigenvalue weighted by Gasteiger charge is -2.15. The number of carbonyl (C=O) groups excluding carboxylic acids is 2. The van der Waals surface area contributed by atoms with Crippen LogP contribution in [0, 0.1) is 5.82 Å². The molecular formula is C23H20FN5O6S. The van der Waals surface area contributed by atoms with Gasteiger partial charge < -0.3 is 20.5 Å². The standard InChI is InChI=1S/C23H20FN5O6S/c1-35-12-8-6-11(7-9-12)18(17-20(32)27-22(34)28-21(17)33)26-23-29-19(31)15(36-23)10-16(30)25-14-5-3-2-4-13(14)24/h2-9,15,18H,10H2,1H3,(H,25,30)(H,26,29,31)(H3,27,28,32,33,34). The zero-order valence-corrected chi connectivity index (χ0v) is 19.5. The minimum atomic E-state index is -1.12. The van der Waals surface area contributed by atoms with Gasteiger partial charge in [0.05, 0.1) is 12.8 Å². The van der Waals surface area contributed by atoms with E-state index in [1.807, 2.05) is 0 Å². The molecule has 11 nitrogen and oxygen atoms in total. The fourth-order valence-corrected chi connectivity index (χ4v) is 4.48. The molecule has 0 aliphatic carbocycles. The Morgan fingerprint density at radius 3 is 2.56 bits per heavy atom. The number of nitrogens with zero attached hydrogens (tertiary/aromatic N) is 1. The van der Waals surface area contributed by atoms with Crippen molar-refractivity contribution in [2.24, 2.45) is 4.99 Å². The highest BCUT2D eigenvalue weighted by Gasteiger charge is 2.34. The molecule has 1 aromatic heterocycles. The molecule has 2 heterocycles. The first-order chi connectivity index (χ1) is 17.2. The lowest BCUT2D eigenvalue weighted by molar-refractivity contribution is -0.122. The predicted octanol–water partition coefficient (Wildman–Crippen LogP) is 1.62. The monoisotopic (exact) mass is 513 g/mol. The van der Waals surface area contributed by atoms with Crippen molar-refractivity contribution in [2.75, 3.05) is 12.4 Å². The van der Waals surface area contributed by atoms with Crippen LogP contribution in [0.25, 0.3) is 0 Å². The fraction of sp³-hybridized carbons (Fsp3) is 0.174. The number of methoxy groups -OCH3 is 1. The molecule has 0 radical (unpaired) electrons. The van der Waals surface area contributed by atoms with E-state index in [4.69, 9.17) is 4.74 Å². The number of benzene rings is 2. The third-order valence-corrected chi connectivity index (χ3v) is 6.30. The van der Waals surface area contributed by atoms with Crippen molar-refractivity contribution >= 4 is 34.4 Å². The summed E-state index contributed by atoms with van der Waals surface area (Å²) in [5, 5.41) is 14.5. The number of H-pyrrole nitrogens is 2. The average Bonchev–Trinajstić information content (AvgIpc) is 3.17. The number of para-hydroxylation sites is 1. The summed E-state index contributed by atoms with van der Waals surface area (Å²) in [6, 6.07) is 11.0. The van der Waals surface area contributed by atoms with Crippen molar-refractivity contribution in [1.29, 1.82) is 0 Å². The molecule has 1 aliphatic heterocycles. The van der Waals surface area contributed by atoms with E-state index in [-0.39, 0.29) is 22.8 Å². The maximum absolute atomic E-state index is 13.8. The molecule has 13 heteroatoms. The Morgan fingerprint density at radius 1 is 1.17 bits per heavy atom. The Kier molecular flexibility index (Phi) is 7.20. The zero-order chi connectivity index (χ0) is 25.8. The van der Waals surface area contributed by atoms with Gasteiger partial charge in [-0.1, -0.05) is 36.0 Å². The molecule has 5 N–H and O–H groups in total. The van der Waals surface area contributed by atoms with Gasteiger partial charge in [-0.3, -0.25) is 24.4 Å². The van der Waals surface area contributed by atoms with Crippen LogP contribution in [0.3, 0.4) is 0 Å². The molecule has 186 valence electrons. The summed E-state index contributed by atoms with van der Waals surface area (Å²) in [7, 11) is 1.48. The molecule has 1 saturated heterocycles. The summed E-state index contributed by atoms with van der Waals surface area (Å²) in [6.45, 7) is 0. The summed E-state index contributed by atoms with van der Waals surface area (Å²) >= 11 is 0.946. The van der Waals surface area contributed by atoms with Gasteiger partial charge >= 0.3 is 5.69 Å². The number of aliphatic imine (C=N–C) groups is 1. The lowest BCUT2D eigenvalue weighted by Crippen LogP contribution is -2.29. The van der Waals surface area contributed by atoms with Crippen LogP contribution in [0.4, 0.5) is 10.1 Å². The molecule has 1 aliphatic rings. The van der Waals surface area contributed by atoms with Crippen molar-refractivity contribution in [3.63, 3.8) is 0 Å². The average molecular weight is 514 g/mol. The van der Waals surface area contributed by atoms with Crippen molar-refractivity contribution in [3.8, 4) is 11.6 Å². The van der Waals surface area contributed by atoms with E-state index >= 15 is 0 Å². The number of anilines is 1. The molecule has 0 spiro atoms. The third kappa shape index (κ3) is 5.46. The number of nitrogens with one attached hydrogen (secondary N) is 4. The number of aromatic amines is 2. The van der Waals surface area contributed by atoms with Crippen molar-refractivity contribution in [2.45, 2.75) is 17.7 Å². The molecule has 4 rings (SSSR count). The molecule has 2 atom stereocenters. The van der Waals surface area contributed by atoms with Crippen LogP contribution in [0.1, 0.15) is 23.6 Å². The van der Waals surface area contributed by atoms with Crippen LogP contribution in [-0.2, 0) is 9.59 Å². The van der Waals surface area contributed by atoms with Gasteiger partial charge in [0.25, 0.3) is 5.56 Å². The quantitative estimate of drug-likeness (QED) is 0.320. The highest BCUT2D eigenvalue weighted by Crippen LogP contribution is 2.32.